The van der Waals surface area contributed by atoms with Crippen LogP contribution in [0.3, 0.4) is 0 Å². The van der Waals surface area contributed by atoms with Crippen molar-refractivity contribution >= 4 is 23.4 Å². The minimum Gasteiger partial charge on any atom is -0.325 e. The average Bonchev–Trinajstić information content (AvgIpc) is 2.97. The van der Waals surface area contributed by atoms with Gasteiger partial charge in [0.2, 0.25) is 5.96 Å². The Morgan fingerprint density at radius 3 is 2.86 bits per heavy atom. The third-order valence-corrected chi connectivity index (χ3v) is 3.93. The second-order valence-electron chi connectivity index (χ2n) is 5.47. The number of hydrogen-bond acceptors (Lipinski definition) is 3. The van der Waals surface area contributed by atoms with Crippen LogP contribution in [0.1, 0.15) is 16.7 Å². The third-order valence-electron chi connectivity index (χ3n) is 3.93. The Bertz CT molecular complexity index is 744. The molecule has 2 aliphatic rings. The van der Waals surface area contributed by atoms with Crippen LogP contribution in [0.2, 0.25) is 0 Å². The van der Waals surface area contributed by atoms with Gasteiger partial charge in [-0.15, -0.1) is 0 Å². The second kappa shape index (κ2) is 4.77. The van der Waals surface area contributed by atoms with Crippen LogP contribution < -0.4 is 5.32 Å². The van der Waals surface area contributed by atoms with Crippen molar-refractivity contribution in [3.05, 3.63) is 65.2 Å². The molecular weight excluding hydrogens is 258 g/mol. The number of guanidine groups is 1. The molecule has 21 heavy (non-hydrogen) atoms. The van der Waals surface area contributed by atoms with Crippen molar-refractivity contribution in [1.29, 1.82) is 0 Å². The van der Waals surface area contributed by atoms with Crippen LogP contribution in [0, 0.1) is 6.92 Å². The summed E-state index contributed by atoms with van der Waals surface area (Å²) < 4.78 is 0. The zero-order valence-electron chi connectivity index (χ0n) is 12.0. The van der Waals surface area contributed by atoms with Crippen molar-refractivity contribution in [3.8, 4) is 0 Å². The van der Waals surface area contributed by atoms with Crippen LogP contribution in [0.15, 0.2) is 53.5 Å². The first-order valence-corrected chi connectivity index (χ1v) is 7.28. The summed E-state index contributed by atoms with van der Waals surface area (Å²) in [5.41, 5.74) is 6.11. The predicted octanol–water partition coefficient (Wildman–Crippen LogP) is 3.59. The lowest BCUT2D eigenvalue weighted by Crippen LogP contribution is -2.36. The van der Waals surface area contributed by atoms with Crippen molar-refractivity contribution in [2.45, 2.75) is 6.92 Å². The number of nitrogens with zero attached hydrogens (tertiary/aromatic N) is 2. The lowest BCUT2D eigenvalue weighted by atomic mass is 10.0. The van der Waals surface area contributed by atoms with Gasteiger partial charge in [0.25, 0.3) is 0 Å². The highest BCUT2D eigenvalue weighted by atomic mass is 15.4. The first-order chi connectivity index (χ1) is 10.3. The summed E-state index contributed by atoms with van der Waals surface area (Å²) in [5, 5.41) is 3.44. The first kappa shape index (κ1) is 12.2. The normalized spacial score (nSPS) is 18.0. The molecular formula is C18H17N3. The Kier molecular flexibility index (Phi) is 2.78. The Balaban J connectivity index is 1.89. The van der Waals surface area contributed by atoms with Gasteiger partial charge in [-0.05, 0) is 30.7 Å². The average molecular weight is 275 g/mol. The summed E-state index contributed by atoms with van der Waals surface area (Å²) in [6.45, 7) is 3.92. The minimum atomic E-state index is 0.849. The third kappa shape index (κ3) is 2.11. The molecule has 2 aromatic rings. The van der Waals surface area contributed by atoms with Crippen LogP contribution in [-0.2, 0) is 0 Å². The van der Waals surface area contributed by atoms with E-state index in [1.165, 1.54) is 22.4 Å². The zero-order valence-corrected chi connectivity index (χ0v) is 12.0. The van der Waals surface area contributed by atoms with Crippen molar-refractivity contribution in [1.82, 2.24) is 4.90 Å². The van der Waals surface area contributed by atoms with Gasteiger partial charge in [0.15, 0.2) is 0 Å². The first-order valence-electron chi connectivity index (χ1n) is 7.28. The summed E-state index contributed by atoms with van der Waals surface area (Å²) >= 11 is 0. The molecule has 0 spiro atoms. The molecule has 0 fully saturated rings. The van der Waals surface area contributed by atoms with Gasteiger partial charge < -0.3 is 10.2 Å². The van der Waals surface area contributed by atoms with Crippen molar-refractivity contribution < 1.29 is 0 Å². The van der Waals surface area contributed by atoms with E-state index in [2.05, 4.69) is 70.7 Å². The van der Waals surface area contributed by atoms with Gasteiger partial charge in [-0.3, -0.25) is 4.99 Å². The Morgan fingerprint density at radius 2 is 2.00 bits per heavy atom. The molecule has 0 aliphatic carbocycles. The maximum Gasteiger partial charge on any atom is 0.203 e. The monoisotopic (exact) mass is 275 g/mol. The summed E-state index contributed by atoms with van der Waals surface area (Å²) in [7, 11) is 0. The molecule has 1 N–H and O–H groups in total. The van der Waals surface area contributed by atoms with Gasteiger partial charge in [0.1, 0.15) is 0 Å². The van der Waals surface area contributed by atoms with Gasteiger partial charge >= 0.3 is 0 Å². The number of aryl methyl sites for hydroxylation is 1. The highest BCUT2D eigenvalue weighted by Crippen LogP contribution is 2.35. The fourth-order valence-corrected chi connectivity index (χ4v) is 2.90. The molecule has 0 aromatic heterocycles. The lowest BCUT2D eigenvalue weighted by molar-refractivity contribution is 0.633. The molecule has 0 radical (unpaired) electrons. The van der Waals surface area contributed by atoms with Crippen LogP contribution >= 0.6 is 0 Å². The van der Waals surface area contributed by atoms with Gasteiger partial charge in [-0.25, -0.2) is 0 Å². The molecule has 104 valence electrons. The summed E-state index contributed by atoms with van der Waals surface area (Å²) in [6, 6.07) is 17.0. The number of fused-ring (bicyclic) bond motifs is 2. The molecule has 2 aliphatic heterocycles. The number of hydrogen-bond donors (Lipinski definition) is 1. The Morgan fingerprint density at radius 1 is 1.14 bits per heavy atom. The van der Waals surface area contributed by atoms with E-state index in [9.17, 15) is 0 Å². The van der Waals surface area contributed by atoms with E-state index >= 15 is 0 Å². The number of anilines is 1. The SMILES string of the molecule is Cc1ccc2c(c1)/C(=C/c1ccccc1)N1CCN=C1N2. The predicted molar refractivity (Wildman–Crippen MR) is 88.1 cm³/mol. The van der Waals surface area contributed by atoms with Gasteiger partial charge in [0, 0.05) is 12.1 Å². The Labute approximate surface area is 124 Å². The molecule has 0 unspecified atom stereocenters. The smallest absolute Gasteiger partial charge is 0.203 e. The topological polar surface area (TPSA) is 27.6 Å². The fraction of sp³-hybridized carbons (Fsp3) is 0.167. The van der Waals surface area contributed by atoms with E-state index in [0.29, 0.717) is 0 Å². The van der Waals surface area contributed by atoms with Gasteiger partial charge in [-0.2, -0.15) is 0 Å². The van der Waals surface area contributed by atoms with E-state index in [4.69, 9.17) is 0 Å². The molecule has 0 amide bonds. The van der Waals surface area contributed by atoms with E-state index < -0.39 is 0 Å². The largest absolute Gasteiger partial charge is 0.325 e. The van der Waals surface area contributed by atoms with Gasteiger partial charge in [0.05, 0.1) is 17.9 Å². The van der Waals surface area contributed by atoms with E-state index in [1.54, 1.807) is 0 Å². The van der Waals surface area contributed by atoms with Crippen molar-refractivity contribution in [3.63, 3.8) is 0 Å². The fourth-order valence-electron chi connectivity index (χ4n) is 2.90. The summed E-state index contributed by atoms with van der Waals surface area (Å²) in [6.07, 6.45) is 2.25. The standard InChI is InChI=1S/C18H17N3/c1-13-7-8-16-15(11-13)17(12-14-5-3-2-4-6-14)21-10-9-19-18(21)20-16/h2-8,11-12H,9-10H2,1H3,(H,19,20)/b17-12-. The maximum atomic E-state index is 4.56. The quantitative estimate of drug-likeness (QED) is 0.861. The minimum absolute atomic E-state index is 0.849. The van der Waals surface area contributed by atoms with E-state index in [1.807, 2.05) is 6.07 Å². The molecule has 0 bridgehead atoms. The molecule has 2 aromatic carbocycles. The summed E-state index contributed by atoms with van der Waals surface area (Å²) in [5.74, 6) is 0.966. The maximum absolute atomic E-state index is 4.56. The molecule has 3 nitrogen and oxygen atoms in total. The highest BCUT2D eigenvalue weighted by Gasteiger charge is 2.28. The lowest BCUT2D eigenvalue weighted by Gasteiger charge is -2.31. The van der Waals surface area contributed by atoms with Crippen LogP contribution in [-0.4, -0.2) is 23.9 Å². The number of rotatable bonds is 1. The molecule has 3 heteroatoms. The van der Waals surface area contributed by atoms with Crippen LogP contribution in [0.4, 0.5) is 5.69 Å². The molecule has 0 atom stereocenters. The van der Waals surface area contributed by atoms with Crippen molar-refractivity contribution in [2.75, 3.05) is 18.4 Å². The summed E-state index contributed by atoms with van der Waals surface area (Å²) in [4.78, 5) is 6.83. The Hall–Kier alpha value is -2.55. The van der Waals surface area contributed by atoms with Crippen LogP contribution in [0.5, 0.6) is 0 Å². The van der Waals surface area contributed by atoms with E-state index in [-0.39, 0.29) is 0 Å². The number of nitrogens with one attached hydrogen (secondary N) is 1. The molecule has 2 heterocycles. The van der Waals surface area contributed by atoms with Crippen molar-refractivity contribution in [2.24, 2.45) is 4.99 Å². The zero-order chi connectivity index (χ0) is 14.2. The second-order valence-corrected chi connectivity index (χ2v) is 5.47. The van der Waals surface area contributed by atoms with Gasteiger partial charge in [-0.1, -0.05) is 42.0 Å². The van der Waals surface area contributed by atoms with Crippen LogP contribution in [0.25, 0.3) is 11.8 Å². The number of aliphatic imine (C=N–C) groups is 1. The molecule has 0 saturated carbocycles. The van der Waals surface area contributed by atoms with E-state index in [0.717, 1.165) is 24.7 Å². The highest BCUT2D eigenvalue weighted by molar-refractivity contribution is 6.09. The number of benzene rings is 2. The molecule has 0 saturated heterocycles. The molecule has 4 rings (SSSR count).